The van der Waals surface area contributed by atoms with E-state index in [-0.39, 0.29) is 0 Å². The number of rotatable bonds is 3. The van der Waals surface area contributed by atoms with Crippen molar-refractivity contribution < 1.29 is 0 Å². The molecule has 0 fully saturated rings. The van der Waals surface area contributed by atoms with Gasteiger partial charge in [0.1, 0.15) is 0 Å². The Labute approximate surface area is 99.3 Å². The van der Waals surface area contributed by atoms with Crippen molar-refractivity contribution >= 4 is 5.69 Å². The van der Waals surface area contributed by atoms with Crippen LogP contribution in [0.25, 0.3) is 0 Å². The van der Waals surface area contributed by atoms with Gasteiger partial charge in [-0.1, -0.05) is 32.4 Å². The number of benzene rings is 1. The number of anilines is 1. The maximum atomic E-state index is 3.55. The van der Waals surface area contributed by atoms with Crippen LogP contribution in [0.15, 0.2) is 18.2 Å². The Hall–Kier alpha value is -0.980. The summed E-state index contributed by atoms with van der Waals surface area (Å²) in [4.78, 5) is 0. The molecule has 1 heterocycles. The van der Waals surface area contributed by atoms with Gasteiger partial charge in [0.15, 0.2) is 0 Å². The van der Waals surface area contributed by atoms with E-state index in [0.717, 1.165) is 5.92 Å². The standard InChI is InChI=1S/C15H23N/c1-4-11(2)9-13-6-8-15-14(10-13)7-5-12(3)16-15/h6,8,10-12,16H,4-5,7,9H2,1-3H3. The molecule has 0 saturated heterocycles. The molecule has 0 spiro atoms. The number of fused-ring (bicyclic) bond motifs is 1. The molecule has 1 aliphatic rings. The Morgan fingerprint density at radius 3 is 3.00 bits per heavy atom. The molecule has 1 aliphatic heterocycles. The molecular formula is C15H23N. The number of aryl methyl sites for hydroxylation is 1. The molecule has 1 aromatic carbocycles. The summed E-state index contributed by atoms with van der Waals surface area (Å²) in [5, 5.41) is 3.55. The van der Waals surface area contributed by atoms with E-state index in [1.807, 2.05) is 0 Å². The molecule has 0 radical (unpaired) electrons. The maximum Gasteiger partial charge on any atom is 0.0374 e. The molecule has 1 heteroatoms. The average molecular weight is 217 g/mol. The summed E-state index contributed by atoms with van der Waals surface area (Å²) >= 11 is 0. The van der Waals surface area contributed by atoms with Crippen LogP contribution in [0.3, 0.4) is 0 Å². The van der Waals surface area contributed by atoms with E-state index in [0.29, 0.717) is 6.04 Å². The Kier molecular flexibility index (Phi) is 3.52. The third kappa shape index (κ3) is 2.58. The van der Waals surface area contributed by atoms with Gasteiger partial charge < -0.3 is 5.32 Å². The molecular weight excluding hydrogens is 194 g/mol. The van der Waals surface area contributed by atoms with Gasteiger partial charge in [-0.05, 0) is 49.3 Å². The monoisotopic (exact) mass is 217 g/mol. The largest absolute Gasteiger partial charge is 0.382 e. The fourth-order valence-electron chi connectivity index (χ4n) is 2.38. The fourth-order valence-corrected chi connectivity index (χ4v) is 2.38. The second-order valence-electron chi connectivity index (χ2n) is 5.29. The highest BCUT2D eigenvalue weighted by Gasteiger charge is 2.14. The molecule has 0 bridgehead atoms. The zero-order valence-corrected chi connectivity index (χ0v) is 10.7. The SMILES string of the molecule is CCC(C)Cc1ccc2c(c1)CCC(C)N2. The Morgan fingerprint density at radius 1 is 1.44 bits per heavy atom. The van der Waals surface area contributed by atoms with Gasteiger partial charge >= 0.3 is 0 Å². The van der Waals surface area contributed by atoms with Crippen LogP contribution in [0, 0.1) is 5.92 Å². The Balaban J connectivity index is 2.13. The minimum atomic E-state index is 0.632. The van der Waals surface area contributed by atoms with Gasteiger partial charge in [-0.25, -0.2) is 0 Å². The molecule has 0 aromatic heterocycles. The lowest BCUT2D eigenvalue weighted by molar-refractivity contribution is 0.559. The van der Waals surface area contributed by atoms with Crippen molar-refractivity contribution in [2.45, 2.75) is 52.5 Å². The average Bonchev–Trinajstić information content (AvgIpc) is 2.29. The summed E-state index contributed by atoms with van der Waals surface area (Å²) < 4.78 is 0. The molecule has 88 valence electrons. The van der Waals surface area contributed by atoms with Crippen molar-refractivity contribution in [1.29, 1.82) is 0 Å². The minimum absolute atomic E-state index is 0.632. The van der Waals surface area contributed by atoms with Crippen molar-refractivity contribution in [3.8, 4) is 0 Å². The van der Waals surface area contributed by atoms with Gasteiger partial charge in [-0.3, -0.25) is 0 Å². The summed E-state index contributed by atoms with van der Waals surface area (Å²) in [5.74, 6) is 0.800. The van der Waals surface area contributed by atoms with E-state index in [9.17, 15) is 0 Å². The molecule has 1 nitrogen and oxygen atoms in total. The zero-order chi connectivity index (χ0) is 11.5. The Morgan fingerprint density at radius 2 is 2.25 bits per heavy atom. The molecule has 0 amide bonds. The first-order valence-corrected chi connectivity index (χ1v) is 6.57. The molecule has 1 aromatic rings. The lowest BCUT2D eigenvalue weighted by Gasteiger charge is -2.25. The van der Waals surface area contributed by atoms with Gasteiger partial charge in [0.25, 0.3) is 0 Å². The van der Waals surface area contributed by atoms with E-state index in [1.54, 1.807) is 0 Å². The highest BCUT2D eigenvalue weighted by atomic mass is 14.9. The van der Waals surface area contributed by atoms with E-state index in [2.05, 4.69) is 44.3 Å². The van der Waals surface area contributed by atoms with E-state index < -0.39 is 0 Å². The van der Waals surface area contributed by atoms with Gasteiger partial charge in [-0.15, -0.1) is 0 Å². The van der Waals surface area contributed by atoms with Crippen LogP contribution in [0.1, 0.15) is 44.7 Å². The van der Waals surface area contributed by atoms with Crippen LogP contribution in [0.5, 0.6) is 0 Å². The molecule has 2 atom stereocenters. The van der Waals surface area contributed by atoms with Crippen LogP contribution < -0.4 is 5.32 Å². The summed E-state index contributed by atoms with van der Waals surface area (Å²) in [6.45, 7) is 6.86. The molecule has 16 heavy (non-hydrogen) atoms. The van der Waals surface area contributed by atoms with Crippen LogP contribution in [0.4, 0.5) is 5.69 Å². The number of nitrogens with one attached hydrogen (secondary N) is 1. The Bertz CT molecular complexity index is 356. The maximum absolute atomic E-state index is 3.55. The molecule has 0 saturated carbocycles. The lowest BCUT2D eigenvalue weighted by Crippen LogP contribution is -2.21. The predicted octanol–water partition coefficient (Wildman–Crippen LogP) is 4.02. The van der Waals surface area contributed by atoms with E-state index in [1.165, 1.54) is 42.5 Å². The first-order valence-electron chi connectivity index (χ1n) is 6.57. The summed E-state index contributed by atoms with van der Waals surface area (Å²) in [7, 11) is 0. The van der Waals surface area contributed by atoms with Crippen molar-refractivity contribution in [1.82, 2.24) is 0 Å². The quantitative estimate of drug-likeness (QED) is 0.806. The van der Waals surface area contributed by atoms with Gasteiger partial charge in [-0.2, -0.15) is 0 Å². The van der Waals surface area contributed by atoms with Crippen LogP contribution >= 0.6 is 0 Å². The van der Waals surface area contributed by atoms with Crippen molar-refractivity contribution in [3.05, 3.63) is 29.3 Å². The normalized spacial score (nSPS) is 21.1. The lowest BCUT2D eigenvalue weighted by atomic mass is 9.93. The number of hydrogen-bond acceptors (Lipinski definition) is 1. The highest BCUT2D eigenvalue weighted by Crippen LogP contribution is 2.26. The third-order valence-electron chi connectivity index (χ3n) is 3.70. The summed E-state index contributed by atoms with van der Waals surface area (Å²) in [6.07, 6.45) is 4.99. The van der Waals surface area contributed by atoms with E-state index >= 15 is 0 Å². The molecule has 0 aliphatic carbocycles. The van der Waals surface area contributed by atoms with Gasteiger partial charge in [0.05, 0.1) is 0 Å². The second-order valence-corrected chi connectivity index (χ2v) is 5.29. The molecule has 1 N–H and O–H groups in total. The van der Waals surface area contributed by atoms with Crippen molar-refractivity contribution in [2.75, 3.05) is 5.32 Å². The summed E-state index contributed by atoms with van der Waals surface area (Å²) in [6, 6.07) is 7.59. The zero-order valence-electron chi connectivity index (χ0n) is 10.7. The third-order valence-corrected chi connectivity index (χ3v) is 3.70. The minimum Gasteiger partial charge on any atom is -0.382 e. The topological polar surface area (TPSA) is 12.0 Å². The predicted molar refractivity (Wildman–Crippen MR) is 71.0 cm³/mol. The van der Waals surface area contributed by atoms with Gasteiger partial charge in [0, 0.05) is 11.7 Å². The number of hydrogen-bond donors (Lipinski definition) is 1. The molecule has 2 rings (SSSR count). The van der Waals surface area contributed by atoms with Crippen LogP contribution in [-0.4, -0.2) is 6.04 Å². The molecule has 2 unspecified atom stereocenters. The van der Waals surface area contributed by atoms with Crippen LogP contribution in [-0.2, 0) is 12.8 Å². The van der Waals surface area contributed by atoms with Crippen molar-refractivity contribution in [2.24, 2.45) is 5.92 Å². The second kappa shape index (κ2) is 4.90. The summed E-state index contributed by atoms with van der Waals surface area (Å²) in [5.41, 5.74) is 4.37. The first-order chi connectivity index (χ1) is 7.69. The van der Waals surface area contributed by atoms with Crippen LogP contribution in [0.2, 0.25) is 0 Å². The van der Waals surface area contributed by atoms with E-state index in [4.69, 9.17) is 0 Å². The van der Waals surface area contributed by atoms with Crippen molar-refractivity contribution in [3.63, 3.8) is 0 Å². The van der Waals surface area contributed by atoms with Gasteiger partial charge in [0.2, 0.25) is 0 Å². The smallest absolute Gasteiger partial charge is 0.0374 e. The highest BCUT2D eigenvalue weighted by molar-refractivity contribution is 5.55. The first kappa shape index (κ1) is 11.5. The fraction of sp³-hybridized carbons (Fsp3) is 0.600.